The van der Waals surface area contributed by atoms with Crippen LogP contribution in [0.2, 0.25) is 0 Å². The summed E-state index contributed by atoms with van der Waals surface area (Å²) in [7, 11) is 0. The van der Waals surface area contributed by atoms with Gasteiger partial charge in [-0.25, -0.2) is 0 Å². The van der Waals surface area contributed by atoms with Crippen LogP contribution in [0.3, 0.4) is 0 Å². The van der Waals surface area contributed by atoms with Gasteiger partial charge in [-0.15, -0.1) is 17.1 Å². The molecular formula is C13H7NaO2S. The predicted molar refractivity (Wildman–Crippen MR) is 65.0 cm³/mol. The molecule has 17 heavy (non-hydrogen) atoms. The fourth-order valence-electron chi connectivity index (χ4n) is 1.78. The van der Waals surface area contributed by atoms with E-state index >= 15 is 0 Å². The SMILES string of the molecule is O=c1c2ccccc2sc2ccc([O-])cc12.[Na+]. The van der Waals surface area contributed by atoms with Crippen molar-refractivity contribution < 1.29 is 34.7 Å². The third-order valence-corrected chi connectivity index (χ3v) is 3.70. The largest absolute Gasteiger partial charge is 1.00 e. The summed E-state index contributed by atoms with van der Waals surface area (Å²) in [4.78, 5) is 12.1. The van der Waals surface area contributed by atoms with Crippen molar-refractivity contribution >= 4 is 31.5 Å². The Hall–Kier alpha value is -0.870. The molecule has 4 heteroatoms. The molecule has 0 amide bonds. The summed E-state index contributed by atoms with van der Waals surface area (Å²) in [5, 5.41) is 12.4. The quantitative estimate of drug-likeness (QED) is 0.398. The number of benzene rings is 2. The van der Waals surface area contributed by atoms with Crippen molar-refractivity contribution in [3.8, 4) is 5.75 Å². The molecule has 0 aliphatic heterocycles. The van der Waals surface area contributed by atoms with E-state index in [9.17, 15) is 9.90 Å². The van der Waals surface area contributed by atoms with Crippen LogP contribution in [0.1, 0.15) is 0 Å². The van der Waals surface area contributed by atoms with Crippen molar-refractivity contribution in [2.45, 2.75) is 0 Å². The number of hydrogen-bond acceptors (Lipinski definition) is 3. The molecule has 0 aliphatic carbocycles. The Labute approximate surface area is 124 Å². The van der Waals surface area contributed by atoms with Crippen molar-refractivity contribution in [2.24, 2.45) is 0 Å². The predicted octanol–water partition coefficient (Wildman–Crippen LogP) is -0.508. The minimum atomic E-state index is -0.118. The maximum atomic E-state index is 12.1. The fourth-order valence-corrected chi connectivity index (χ4v) is 2.83. The summed E-state index contributed by atoms with van der Waals surface area (Å²) >= 11 is 1.54. The van der Waals surface area contributed by atoms with Crippen LogP contribution in [-0.2, 0) is 0 Å². The molecule has 2 nitrogen and oxygen atoms in total. The second kappa shape index (κ2) is 4.78. The Kier molecular flexibility index (Phi) is 3.54. The molecule has 0 unspecified atom stereocenters. The smallest absolute Gasteiger partial charge is 0.872 e. The number of rotatable bonds is 0. The van der Waals surface area contributed by atoms with Crippen LogP contribution in [0, 0.1) is 0 Å². The zero-order valence-corrected chi connectivity index (χ0v) is 12.1. The van der Waals surface area contributed by atoms with Crippen molar-refractivity contribution in [3.05, 3.63) is 52.7 Å². The van der Waals surface area contributed by atoms with Gasteiger partial charge in [0.05, 0.1) is 0 Å². The van der Waals surface area contributed by atoms with Crippen molar-refractivity contribution in [3.63, 3.8) is 0 Å². The van der Waals surface area contributed by atoms with Gasteiger partial charge in [0.25, 0.3) is 0 Å². The summed E-state index contributed by atoms with van der Waals surface area (Å²) in [6, 6.07) is 12.1. The van der Waals surface area contributed by atoms with E-state index in [1.54, 1.807) is 12.1 Å². The first-order chi connectivity index (χ1) is 7.75. The number of hydrogen-bond donors (Lipinski definition) is 0. The molecule has 78 valence electrons. The van der Waals surface area contributed by atoms with Crippen LogP contribution in [0.15, 0.2) is 47.3 Å². The van der Waals surface area contributed by atoms with E-state index in [0.717, 1.165) is 9.40 Å². The Balaban J connectivity index is 0.00000108. The molecule has 0 spiro atoms. The van der Waals surface area contributed by atoms with E-state index in [2.05, 4.69) is 0 Å². The van der Waals surface area contributed by atoms with Crippen LogP contribution < -0.4 is 40.1 Å². The molecule has 0 aliphatic rings. The van der Waals surface area contributed by atoms with Crippen LogP contribution in [0.4, 0.5) is 0 Å². The van der Waals surface area contributed by atoms with Crippen LogP contribution in [-0.4, -0.2) is 0 Å². The Morgan fingerprint density at radius 2 is 1.65 bits per heavy atom. The molecule has 0 N–H and O–H groups in total. The zero-order chi connectivity index (χ0) is 11.1. The Morgan fingerprint density at radius 1 is 0.941 bits per heavy atom. The second-order valence-corrected chi connectivity index (χ2v) is 4.67. The molecule has 0 radical (unpaired) electrons. The van der Waals surface area contributed by atoms with Gasteiger partial charge in [-0.2, -0.15) is 0 Å². The molecule has 1 heterocycles. The van der Waals surface area contributed by atoms with E-state index in [-0.39, 0.29) is 40.7 Å². The minimum absolute atomic E-state index is 0. The average Bonchev–Trinajstić information content (AvgIpc) is 2.31. The van der Waals surface area contributed by atoms with Gasteiger partial charge in [0.15, 0.2) is 5.43 Å². The maximum Gasteiger partial charge on any atom is 1.00 e. The molecule has 1 aromatic heterocycles. The van der Waals surface area contributed by atoms with Gasteiger partial charge in [0, 0.05) is 20.2 Å². The summed E-state index contributed by atoms with van der Waals surface area (Å²) in [6.45, 7) is 0. The zero-order valence-electron chi connectivity index (χ0n) is 9.27. The monoisotopic (exact) mass is 250 g/mol. The fraction of sp³-hybridized carbons (Fsp3) is 0. The average molecular weight is 250 g/mol. The van der Waals surface area contributed by atoms with Crippen molar-refractivity contribution in [1.82, 2.24) is 0 Å². The summed E-state index contributed by atoms with van der Waals surface area (Å²) in [5.74, 6) is -0.118. The van der Waals surface area contributed by atoms with Crippen LogP contribution in [0.5, 0.6) is 5.75 Å². The second-order valence-electron chi connectivity index (χ2n) is 3.59. The molecule has 0 bridgehead atoms. The van der Waals surface area contributed by atoms with Gasteiger partial charge in [0.1, 0.15) is 0 Å². The maximum absolute atomic E-state index is 12.1. The number of fused-ring (bicyclic) bond motifs is 2. The first-order valence-electron chi connectivity index (χ1n) is 4.88. The van der Waals surface area contributed by atoms with Crippen LogP contribution >= 0.6 is 11.3 Å². The van der Waals surface area contributed by atoms with E-state index in [4.69, 9.17) is 0 Å². The van der Waals surface area contributed by atoms with Gasteiger partial charge >= 0.3 is 29.6 Å². The van der Waals surface area contributed by atoms with Gasteiger partial charge in [0.2, 0.25) is 0 Å². The van der Waals surface area contributed by atoms with Crippen molar-refractivity contribution in [2.75, 3.05) is 0 Å². The van der Waals surface area contributed by atoms with E-state index < -0.39 is 0 Å². The van der Waals surface area contributed by atoms with E-state index in [1.165, 1.54) is 23.5 Å². The Bertz CT molecular complexity index is 749. The Morgan fingerprint density at radius 3 is 2.47 bits per heavy atom. The standard InChI is InChI=1S/C13H8O2S.Na/c14-8-5-6-12-10(7-8)13(15)9-3-1-2-4-11(9)16-12;/h1-7,14H;/q;+1/p-1. The minimum Gasteiger partial charge on any atom is -0.872 e. The van der Waals surface area contributed by atoms with Gasteiger partial charge in [-0.1, -0.05) is 24.3 Å². The third kappa shape index (κ3) is 2.11. The van der Waals surface area contributed by atoms with Crippen molar-refractivity contribution in [1.29, 1.82) is 0 Å². The molecular weight excluding hydrogens is 243 g/mol. The van der Waals surface area contributed by atoms with Gasteiger partial charge in [-0.3, -0.25) is 4.79 Å². The molecule has 3 aromatic rings. The molecule has 3 rings (SSSR count). The first-order valence-corrected chi connectivity index (χ1v) is 5.70. The first kappa shape index (κ1) is 12.6. The van der Waals surface area contributed by atoms with Crippen LogP contribution in [0.25, 0.3) is 20.2 Å². The third-order valence-electron chi connectivity index (χ3n) is 2.55. The van der Waals surface area contributed by atoms with Gasteiger partial charge < -0.3 is 5.11 Å². The van der Waals surface area contributed by atoms with Gasteiger partial charge in [-0.05, 0) is 18.2 Å². The molecule has 2 aromatic carbocycles. The molecule has 0 saturated carbocycles. The summed E-state index contributed by atoms with van der Waals surface area (Å²) in [6.07, 6.45) is 0. The molecule has 0 atom stereocenters. The summed E-state index contributed by atoms with van der Waals surface area (Å²) < 4.78 is 1.82. The van der Waals surface area contributed by atoms with E-state index in [1.807, 2.05) is 18.2 Å². The normalized spacial score (nSPS) is 10.4. The molecule has 0 saturated heterocycles. The molecule has 0 fully saturated rings. The summed E-state index contributed by atoms with van der Waals surface area (Å²) in [5.41, 5.74) is -0.0537. The topological polar surface area (TPSA) is 40.1 Å². The van der Waals surface area contributed by atoms with E-state index in [0.29, 0.717) is 10.8 Å².